The maximum atomic E-state index is 5.70. The Bertz CT molecular complexity index is 500. The van der Waals surface area contributed by atoms with Crippen LogP contribution in [0.3, 0.4) is 0 Å². The van der Waals surface area contributed by atoms with E-state index in [-0.39, 0.29) is 0 Å². The summed E-state index contributed by atoms with van der Waals surface area (Å²) in [4.78, 5) is 4.27. The molecule has 1 atom stereocenters. The fraction of sp³-hybridized carbons (Fsp3) is 0.417. The summed E-state index contributed by atoms with van der Waals surface area (Å²) in [6.45, 7) is 1.17. The molecule has 3 N–H and O–H groups in total. The Labute approximate surface area is 98.7 Å². The Hall–Kier alpha value is -1.13. The quantitative estimate of drug-likeness (QED) is 0.836. The van der Waals surface area contributed by atoms with E-state index in [1.54, 1.807) is 11.3 Å². The lowest BCUT2D eigenvalue weighted by molar-refractivity contribution is 0.603. The molecule has 1 aliphatic heterocycles. The second-order valence-corrected chi connectivity index (χ2v) is 5.41. The maximum Gasteiger partial charge on any atom is 0.181 e. The van der Waals surface area contributed by atoms with Gasteiger partial charge in [0, 0.05) is 6.04 Å². The zero-order valence-electron chi connectivity index (χ0n) is 9.07. The number of nitrogens with two attached hydrogens (primary N) is 1. The number of fused-ring (bicyclic) bond motifs is 1. The zero-order chi connectivity index (χ0) is 11.0. The van der Waals surface area contributed by atoms with Gasteiger partial charge in [0.2, 0.25) is 0 Å². The van der Waals surface area contributed by atoms with Crippen molar-refractivity contribution in [2.45, 2.75) is 25.3 Å². The van der Waals surface area contributed by atoms with Crippen molar-refractivity contribution in [1.82, 2.24) is 10.3 Å². The van der Waals surface area contributed by atoms with Gasteiger partial charge in [0.05, 0.1) is 10.2 Å². The first-order valence-electron chi connectivity index (χ1n) is 5.69. The molecule has 3 rings (SSSR count). The predicted octanol–water partition coefficient (Wildman–Crippen LogP) is 2.17. The highest BCUT2D eigenvalue weighted by Crippen LogP contribution is 2.25. The highest BCUT2D eigenvalue weighted by molar-refractivity contribution is 7.22. The summed E-state index contributed by atoms with van der Waals surface area (Å²) in [6, 6.07) is 7.12. The smallest absolute Gasteiger partial charge is 0.181 e. The van der Waals surface area contributed by atoms with Gasteiger partial charge in [-0.15, -0.1) is 0 Å². The summed E-state index contributed by atoms with van der Waals surface area (Å²) in [5.41, 5.74) is 8.10. The van der Waals surface area contributed by atoms with Crippen molar-refractivity contribution >= 4 is 26.7 Å². The minimum Gasteiger partial charge on any atom is -0.375 e. The molecule has 0 saturated carbocycles. The van der Waals surface area contributed by atoms with Crippen molar-refractivity contribution < 1.29 is 0 Å². The van der Waals surface area contributed by atoms with E-state index in [1.807, 2.05) is 0 Å². The second-order valence-electron chi connectivity index (χ2n) is 4.35. The molecule has 1 aromatic heterocycles. The number of benzene rings is 1. The summed E-state index contributed by atoms with van der Waals surface area (Å²) in [5.74, 6) is 0. The molecule has 2 heterocycles. The Morgan fingerprint density at radius 1 is 1.50 bits per heavy atom. The molecule has 84 valence electrons. The summed E-state index contributed by atoms with van der Waals surface area (Å²) in [5, 5.41) is 4.18. The van der Waals surface area contributed by atoms with E-state index in [2.05, 4.69) is 28.5 Å². The van der Waals surface area contributed by atoms with Gasteiger partial charge in [0.25, 0.3) is 0 Å². The molecule has 16 heavy (non-hydrogen) atoms. The Balaban J connectivity index is 1.86. The first kappa shape index (κ1) is 10.1. The molecule has 1 fully saturated rings. The highest BCUT2D eigenvalue weighted by atomic mass is 32.1. The van der Waals surface area contributed by atoms with E-state index in [9.17, 15) is 0 Å². The van der Waals surface area contributed by atoms with E-state index in [0.717, 1.165) is 11.9 Å². The molecule has 4 heteroatoms. The first-order valence-corrected chi connectivity index (χ1v) is 6.51. The number of thiazole rings is 1. The van der Waals surface area contributed by atoms with Crippen LogP contribution >= 0.6 is 11.3 Å². The Kier molecular flexibility index (Phi) is 2.53. The summed E-state index contributed by atoms with van der Waals surface area (Å²) in [6.07, 6.45) is 3.72. The number of aromatic nitrogens is 1. The van der Waals surface area contributed by atoms with Crippen LogP contribution in [0.25, 0.3) is 10.2 Å². The fourth-order valence-corrected chi connectivity index (χ4v) is 3.13. The lowest BCUT2D eigenvalue weighted by atomic mass is 10.0. The molecule has 1 aromatic carbocycles. The van der Waals surface area contributed by atoms with Crippen molar-refractivity contribution in [2.75, 3.05) is 12.3 Å². The number of hydrogen-bond donors (Lipinski definition) is 2. The normalized spacial score (nSPS) is 20.6. The molecular weight excluding hydrogens is 218 g/mol. The van der Waals surface area contributed by atoms with Gasteiger partial charge in [-0.05, 0) is 43.5 Å². The first-order chi connectivity index (χ1) is 7.81. The Morgan fingerprint density at radius 3 is 3.25 bits per heavy atom. The maximum absolute atomic E-state index is 5.70. The number of hydrogen-bond acceptors (Lipinski definition) is 4. The van der Waals surface area contributed by atoms with Gasteiger partial charge >= 0.3 is 0 Å². The molecule has 0 spiro atoms. The molecule has 0 bridgehead atoms. The van der Waals surface area contributed by atoms with Crippen LogP contribution in [0.1, 0.15) is 18.4 Å². The Morgan fingerprint density at radius 2 is 2.44 bits per heavy atom. The lowest BCUT2D eigenvalue weighted by Crippen LogP contribution is -2.23. The van der Waals surface area contributed by atoms with E-state index in [4.69, 9.17) is 5.73 Å². The van der Waals surface area contributed by atoms with E-state index in [1.165, 1.54) is 29.6 Å². The third-order valence-corrected chi connectivity index (χ3v) is 3.96. The molecule has 1 aliphatic rings. The van der Waals surface area contributed by atoms with Crippen molar-refractivity contribution in [3.8, 4) is 0 Å². The number of rotatable bonds is 2. The average molecular weight is 233 g/mol. The number of anilines is 1. The number of nitrogen functional groups attached to an aromatic ring is 1. The molecule has 0 aliphatic carbocycles. The molecule has 3 nitrogen and oxygen atoms in total. The molecule has 1 saturated heterocycles. The molecular formula is C12H15N3S. The summed E-state index contributed by atoms with van der Waals surface area (Å²) >= 11 is 1.57. The summed E-state index contributed by atoms with van der Waals surface area (Å²) < 4.78 is 1.20. The minimum absolute atomic E-state index is 0.655. The van der Waals surface area contributed by atoms with Gasteiger partial charge in [-0.2, -0.15) is 0 Å². The van der Waals surface area contributed by atoms with Gasteiger partial charge in [-0.1, -0.05) is 17.4 Å². The molecule has 0 radical (unpaired) electrons. The SMILES string of the molecule is Nc1nc2ccc(CC3CCCN3)cc2s1. The lowest BCUT2D eigenvalue weighted by Gasteiger charge is -2.09. The van der Waals surface area contributed by atoms with Gasteiger partial charge in [0.1, 0.15) is 0 Å². The van der Waals surface area contributed by atoms with Crippen LogP contribution in [0.15, 0.2) is 18.2 Å². The van der Waals surface area contributed by atoms with Crippen LogP contribution in [-0.2, 0) is 6.42 Å². The van der Waals surface area contributed by atoms with Gasteiger partial charge in [-0.25, -0.2) is 4.98 Å². The van der Waals surface area contributed by atoms with Crippen molar-refractivity contribution in [1.29, 1.82) is 0 Å². The van der Waals surface area contributed by atoms with Crippen molar-refractivity contribution in [3.05, 3.63) is 23.8 Å². The van der Waals surface area contributed by atoms with E-state index < -0.39 is 0 Å². The summed E-state index contributed by atoms with van der Waals surface area (Å²) in [7, 11) is 0. The van der Waals surface area contributed by atoms with Gasteiger partial charge in [0.15, 0.2) is 5.13 Å². The van der Waals surface area contributed by atoms with Crippen molar-refractivity contribution in [2.24, 2.45) is 0 Å². The van der Waals surface area contributed by atoms with Crippen LogP contribution in [0, 0.1) is 0 Å². The van der Waals surface area contributed by atoms with E-state index >= 15 is 0 Å². The van der Waals surface area contributed by atoms with Crippen LogP contribution in [0.2, 0.25) is 0 Å². The third-order valence-electron chi connectivity index (χ3n) is 3.11. The van der Waals surface area contributed by atoms with Crippen LogP contribution in [0.4, 0.5) is 5.13 Å². The number of nitrogens with one attached hydrogen (secondary N) is 1. The fourth-order valence-electron chi connectivity index (χ4n) is 2.33. The van der Waals surface area contributed by atoms with Crippen LogP contribution in [-0.4, -0.2) is 17.6 Å². The van der Waals surface area contributed by atoms with Crippen LogP contribution in [0.5, 0.6) is 0 Å². The van der Waals surface area contributed by atoms with Crippen molar-refractivity contribution in [3.63, 3.8) is 0 Å². The van der Waals surface area contributed by atoms with Crippen LogP contribution < -0.4 is 11.1 Å². The third kappa shape index (κ3) is 1.90. The number of nitrogens with zero attached hydrogens (tertiary/aromatic N) is 1. The van der Waals surface area contributed by atoms with Gasteiger partial charge in [-0.3, -0.25) is 0 Å². The second kappa shape index (κ2) is 4.03. The predicted molar refractivity (Wildman–Crippen MR) is 68.8 cm³/mol. The minimum atomic E-state index is 0.655. The largest absolute Gasteiger partial charge is 0.375 e. The monoisotopic (exact) mass is 233 g/mol. The standard InChI is InChI=1S/C12H15N3S/c13-12-15-10-4-3-8(7-11(10)16-12)6-9-2-1-5-14-9/h3-4,7,9,14H,1-2,5-6H2,(H2,13,15). The zero-order valence-corrected chi connectivity index (χ0v) is 9.89. The molecule has 2 aromatic rings. The average Bonchev–Trinajstić information content (AvgIpc) is 2.85. The highest BCUT2D eigenvalue weighted by Gasteiger charge is 2.14. The van der Waals surface area contributed by atoms with E-state index in [0.29, 0.717) is 11.2 Å². The molecule has 1 unspecified atom stereocenters. The topological polar surface area (TPSA) is 50.9 Å². The molecule has 0 amide bonds. The van der Waals surface area contributed by atoms with Gasteiger partial charge < -0.3 is 11.1 Å².